The number of carboxylic acid groups (broad SMARTS) is 1. The Bertz CT molecular complexity index is 650. The second-order valence-electron chi connectivity index (χ2n) is 5.65. The van der Waals surface area contributed by atoms with Crippen molar-refractivity contribution in [2.24, 2.45) is 7.05 Å². The number of aromatic nitrogens is 1. The number of hydrogen-bond donors (Lipinski definition) is 1. The van der Waals surface area contributed by atoms with E-state index in [0.717, 1.165) is 28.6 Å². The van der Waals surface area contributed by atoms with E-state index in [1.807, 2.05) is 14.0 Å². The third-order valence-corrected chi connectivity index (χ3v) is 4.12. The van der Waals surface area contributed by atoms with Crippen LogP contribution in [0.4, 0.5) is 0 Å². The molecule has 0 spiro atoms. The van der Waals surface area contributed by atoms with Gasteiger partial charge < -0.3 is 9.67 Å². The van der Waals surface area contributed by atoms with E-state index in [-0.39, 0.29) is 0 Å². The molecule has 0 saturated heterocycles. The first-order valence-electron chi connectivity index (χ1n) is 6.62. The third kappa shape index (κ3) is 1.93. The van der Waals surface area contributed by atoms with Crippen molar-refractivity contribution in [1.29, 1.82) is 0 Å². The topological polar surface area (TPSA) is 42.2 Å². The van der Waals surface area contributed by atoms with E-state index in [1.165, 1.54) is 5.56 Å². The van der Waals surface area contributed by atoms with Gasteiger partial charge in [0.1, 0.15) is 0 Å². The van der Waals surface area contributed by atoms with Gasteiger partial charge in [-0.1, -0.05) is 13.0 Å². The van der Waals surface area contributed by atoms with Crippen molar-refractivity contribution in [1.82, 2.24) is 4.57 Å². The Morgan fingerprint density at radius 1 is 1.37 bits per heavy atom. The minimum absolute atomic E-state index is 0.787. The molecule has 3 nitrogen and oxygen atoms in total. The van der Waals surface area contributed by atoms with Crippen LogP contribution in [0.5, 0.6) is 0 Å². The van der Waals surface area contributed by atoms with E-state index < -0.39 is 11.4 Å². The zero-order valence-corrected chi connectivity index (χ0v) is 12.2. The Balaban J connectivity index is 2.86. The molecule has 3 heteroatoms. The van der Waals surface area contributed by atoms with Crippen LogP contribution >= 0.6 is 0 Å². The van der Waals surface area contributed by atoms with Crippen LogP contribution < -0.4 is 0 Å². The quantitative estimate of drug-likeness (QED) is 0.917. The summed E-state index contributed by atoms with van der Waals surface area (Å²) in [5, 5.41) is 10.6. The van der Waals surface area contributed by atoms with Crippen LogP contribution in [0.15, 0.2) is 18.2 Å². The fraction of sp³-hybridized carbons (Fsp3) is 0.438. The van der Waals surface area contributed by atoms with E-state index >= 15 is 0 Å². The first-order valence-corrected chi connectivity index (χ1v) is 6.62. The fourth-order valence-electron chi connectivity index (χ4n) is 2.73. The highest BCUT2D eigenvalue weighted by Crippen LogP contribution is 2.35. The largest absolute Gasteiger partial charge is 0.481 e. The molecule has 1 heterocycles. The molecule has 19 heavy (non-hydrogen) atoms. The van der Waals surface area contributed by atoms with Crippen molar-refractivity contribution in [2.75, 3.05) is 0 Å². The number of rotatable bonds is 3. The van der Waals surface area contributed by atoms with Crippen molar-refractivity contribution in [3.63, 3.8) is 0 Å². The van der Waals surface area contributed by atoms with E-state index in [2.05, 4.69) is 29.7 Å². The van der Waals surface area contributed by atoms with E-state index in [4.69, 9.17) is 0 Å². The van der Waals surface area contributed by atoms with Gasteiger partial charge in [0.2, 0.25) is 0 Å². The molecule has 0 aliphatic heterocycles. The van der Waals surface area contributed by atoms with Crippen LogP contribution in [0.3, 0.4) is 0 Å². The molecule has 0 radical (unpaired) electrons. The van der Waals surface area contributed by atoms with Crippen LogP contribution in [0.1, 0.15) is 37.6 Å². The first kappa shape index (κ1) is 13.7. The molecular weight excluding hydrogens is 238 g/mol. The van der Waals surface area contributed by atoms with E-state index in [1.54, 1.807) is 13.8 Å². The first-order chi connectivity index (χ1) is 8.80. The molecule has 0 atom stereocenters. The number of aliphatic carboxylic acids is 1. The van der Waals surface area contributed by atoms with Gasteiger partial charge in [-0.2, -0.15) is 0 Å². The summed E-state index contributed by atoms with van der Waals surface area (Å²) in [7, 11) is 1.99. The second kappa shape index (κ2) is 4.41. The van der Waals surface area contributed by atoms with E-state index in [0.29, 0.717) is 0 Å². The molecule has 0 fully saturated rings. The predicted octanol–water partition coefficient (Wildman–Crippen LogP) is 3.41. The molecule has 1 aromatic heterocycles. The van der Waals surface area contributed by atoms with E-state index in [9.17, 15) is 9.90 Å². The van der Waals surface area contributed by atoms with Gasteiger partial charge in [-0.25, -0.2) is 0 Å². The van der Waals surface area contributed by atoms with Gasteiger partial charge in [0.05, 0.1) is 5.41 Å². The number of benzene rings is 1. The molecule has 0 aliphatic rings. The summed E-state index contributed by atoms with van der Waals surface area (Å²) in [6, 6.07) is 6.32. The van der Waals surface area contributed by atoms with Crippen molar-refractivity contribution >= 4 is 16.9 Å². The lowest BCUT2D eigenvalue weighted by molar-refractivity contribution is -0.142. The Kier molecular flexibility index (Phi) is 3.17. The average Bonchev–Trinajstić information content (AvgIpc) is 2.61. The fourth-order valence-corrected chi connectivity index (χ4v) is 2.73. The van der Waals surface area contributed by atoms with Gasteiger partial charge in [-0.3, -0.25) is 4.79 Å². The maximum absolute atomic E-state index is 11.6. The molecular formula is C16H21NO2. The summed E-state index contributed by atoms with van der Waals surface area (Å²) in [5.74, 6) is -0.787. The second-order valence-corrected chi connectivity index (χ2v) is 5.65. The lowest BCUT2D eigenvalue weighted by atomic mass is 9.82. The summed E-state index contributed by atoms with van der Waals surface area (Å²) >= 11 is 0. The van der Waals surface area contributed by atoms with Crippen molar-refractivity contribution in [2.45, 2.75) is 39.5 Å². The number of carbonyl (C=O) groups is 1. The number of nitrogens with zero attached hydrogens (tertiary/aromatic N) is 1. The number of carboxylic acids is 1. The van der Waals surface area contributed by atoms with Gasteiger partial charge in [0, 0.05) is 23.6 Å². The Morgan fingerprint density at radius 2 is 2.00 bits per heavy atom. The maximum atomic E-state index is 11.6. The van der Waals surface area contributed by atoms with Gasteiger partial charge in [-0.05, 0) is 50.5 Å². The van der Waals surface area contributed by atoms with Crippen LogP contribution in [-0.2, 0) is 23.7 Å². The summed E-state index contributed by atoms with van der Waals surface area (Å²) < 4.78 is 2.08. The standard InChI is InChI=1S/C16H21NO2/c1-6-11-7-8-13-12(9-11)14(10(2)17(13)5)16(3,4)15(18)19/h7-9H,6H2,1-5H3,(H,18,19). The normalized spacial score (nSPS) is 12.1. The molecule has 2 rings (SSSR count). The Labute approximate surface area is 113 Å². The highest BCUT2D eigenvalue weighted by molar-refractivity contribution is 5.93. The van der Waals surface area contributed by atoms with Crippen molar-refractivity contribution < 1.29 is 9.90 Å². The van der Waals surface area contributed by atoms with Gasteiger partial charge >= 0.3 is 5.97 Å². The molecule has 1 aromatic carbocycles. The van der Waals surface area contributed by atoms with Crippen molar-refractivity contribution in [3.05, 3.63) is 35.0 Å². The van der Waals surface area contributed by atoms with Gasteiger partial charge in [0.25, 0.3) is 0 Å². The summed E-state index contributed by atoms with van der Waals surface area (Å²) in [6.45, 7) is 7.65. The Hall–Kier alpha value is -1.77. The lowest BCUT2D eigenvalue weighted by Gasteiger charge is -2.20. The lowest BCUT2D eigenvalue weighted by Crippen LogP contribution is -2.29. The van der Waals surface area contributed by atoms with Gasteiger partial charge in [0.15, 0.2) is 0 Å². The third-order valence-electron chi connectivity index (χ3n) is 4.12. The van der Waals surface area contributed by atoms with Crippen LogP contribution in [0.25, 0.3) is 10.9 Å². The maximum Gasteiger partial charge on any atom is 0.313 e. The molecule has 102 valence electrons. The monoisotopic (exact) mass is 259 g/mol. The van der Waals surface area contributed by atoms with Gasteiger partial charge in [-0.15, -0.1) is 0 Å². The molecule has 2 aromatic rings. The summed E-state index contributed by atoms with van der Waals surface area (Å²) in [4.78, 5) is 11.6. The predicted molar refractivity (Wildman–Crippen MR) is 77.7 cm³/mol. The molecule has 0 amide bonds. The average molecular weight is 259 g/mol. The minimum Gasteiger partial charge on any atom is -0.481 e. The smallest absolute Gasteiger partial charge is 0.313 e. The number of hydrogen-bond acceptors (Lipinski definition) is 1. The highest BCUT2D eigenvalue weighted by atomic mass is 16.4. The molecule has 0 aliphatic carbocycles. The minimum atomic E-state index is -0.879. The SMILES string of the molecule is CCc1ccc2c(c1)c(C(C)(C)C(=O)O)c(C)n2C. The summed E-state index contributed by atoms with van der Waals surface area (Å²) in [5.41, 5.74) is 3.40. The molecule has 1 N–H and O–H groups in total. The zero-order valence-electron chi connectivity index (χ0n) is 12.2. The number of aryl methyl sites for hydroxylation is 2. The van der Waals surface area contributed by atoms with Crippen molar-refractivity contribution in [3.8, 4) is 0 Å². The number of fused-ring (bicyclic) bond motifs is 1. The Morgan fingerprint density at radius 3 is 2.53 bits per heavy atom. The zero-order chi connectivity index (χ0) is 14.4. The highest BCUT2D eigenvalue weighted by Gasteiger charge is 2.34. The molecule has 0 unspecified atom stereocenters. The molecule has 0 bridgehead atoms. The van der Waals surface area contributed by atoms with Crippen LogP contribution in [-0.4, -0.2) is 15.6 Å². The molecule has 0 saturated carbocycles. The van der Waals surface area contributed by atoms with Crippen LogP contribution in [0, 0.1) is 6.92 Å². The van der Waals surface area contributed by atoms with Crippen LogP contribution in [0.2, 0.25) is 0 Å². The summed E-state index contributed by atoms with van der Waals surface area (Å²) in [6.07, 6.45) is 0.955.